The molecule has 0 bridgehead atoms. The molecule has 1 aromatic rings. The molecule has 24 heavy (non-hydrogen) atoms. The van der Waals surface area contributed by atoms with E-state index in [0.29, 0.717) is 18.3 Å². The van der Waals surface area contributed by atoms with E-state index in [-0.39, 0.29) is 18.8 Å². The second kappa shape index (κ2) is 11.7. The van der Waals surface area contributed by atoms with Gasteiger partial charge in [0.15, 0.2) is 0 Å². The van der Waals surface area contributed by atoms with Gasteiger partial charge in [-0.2, -0.15) is 0 Å². The monoisotopic (exact) mass is 334 g/mol. The first-order chi connectivity index (χ1) is 11.6. The number of ether oxygens (including phenoxy) is 2. The maximum Gasteiger partial charge on any atom is 0.311 e. The minimum absolute atomic E-state index is 0.0426. The summed E-state index contributed by atoms with van der Waals surface area (Å²) in [5, 5.41) is 0. The van der Waals surface area contributed by atoms with Crippen LogP contribution in [0.4, 0.5) is 0 Å². The number of rotatable bonds is 11. The Morgan fingerprint density at radius 2 is 1.83 bits per heavy atom. The van der Waals surface area contributed by atoms with Gasteiger partial charge in [0.1, 0.15) is 5.75 Å². The van der Waals surface area contributed by atoms with E-state index in [1.54, 1.807) is 6.07 Å². The van der Waals surface area contributed by atoms with Gasteiger partial charge >= 0.3 is 11.9 Å². The highest BCUT2D eigenvalue weighted by atomic mass is 16.5. The van der Waals surface area contributed by atoms with Gasteiger partial charge in [-0.15, -0.1) is 0 Å². The van der Waals surface area contributed by atoms with E-state index >= 15 is 0 Å². The number of carbonyl (C=O) groups is 2. The molecule has 4 nitrogen and oxygen atoms in total. The van der Waals surface area contributed by atoms with Crippen LogP contribution in [0.1, 0.15) is 64.9 Å². The number of unbranched alkanes of at least 4 members (excludes halogenated alkanes) is 1. The number of carbonyl (C=O) groups excluding carboxylic acids is 2. The zero-order chi connectivity index (χ0) is 17.8. The lowest BCUT2D eigenvalue weighted by molar-refractivity contribution is -0.148. The molecular weight excluding hydrogens is 304 g/mol. The molecule has 0 aliphatic rings. The Morgan fingerprint density at radius 3 is 2.50 bits per heavy atom. The van der Waals surface area contributed by atoms with Crippen molar-refractivity contribution in [3.05, 3.63) is 29.8 Å². The Hall–Kier alpha value is -1.84. The summed E-state index contributed by atoms with van der Waals surface area (Å²) in [7, 11) is 0. The summed E-state index contributed by atoms with van der Waals surface area (Å²) >= 11 is 0. The molecular formula is C20H30O4. The number of aryl methyl sites for hydroxylation is 1. The highest BCUT2D eigenvalue weighted by Gasteiger charge is 2.13. The molecule has 0 radical (unpaired) electrons. The van der Waals surface area contributed by atoms with Gasteiger partial charge in [-0.05, 0) is 36.5 Å². The average molecular weight is 334 g/mol. The first-order valence-corrected chi connectivity index (χ1v) is 9.04. The molecule has 1 rings (SSSR count). The Bertz CT molecular complexity index is 510. The third-order valence-electron chi connectivity index (χ3n) is 4.09. The molecule has 1 aromatic carbocycles. The zero-order valence-electron chi connectivity index (χ0n) is 15.2. The predicted molar refractivity (Wildman–Crippen MR) is 95.0 cm³/mol. The Kier molecular flexibility index (Phi) is 9.81. The van der Waals surface area contributed by atoms with Crippen LogP contribution >= 0.6 is 0 Å². The molecule has 0 N–H and O–H groups in total. The lowest BCUT2D eigenvalue weighted by Crippen LogP contribution is -2.16. The summed E-state index contributed by atoms with van der Waals surface area (Å²) in [5.74, 6) is 0.207. The van der Waals surface area contributed by atoms with E-state index < -0.39 is 5.97 Å². The molecule has 0 saturated heterocycles. The molecule has 0 aromatic heterocycles. The normalized spacial score (nSPS) is 11.8. The molecule has 0 amide bonds. The van der Waals surface area contributed by atoms with Crippen LogP contribution < -0.4 is 4.74 Å². The molecule has 0 saturated carbocycles. The van der Waals surface area contributed by atoms with Gasteiger partial charge in [0.25, 0.3) is 0 Å². The minimum atomic E-state index is -0.404. The number of esters is 2. The summed E-state index contributed by atoms with van der Waals surface area (Å²) in [4.78, 5) is 23.6. The summed E-state index contributed by atoms with van der Waals surface area (Å²) in [6, 6.07) is 7.43. The van der Waals surface area contributed by atoms with Gasteiger partial charge in [0.05, 0.1) is 19.4 Å². The second-order valence-corrected chi connectivity index (χ2v) is 6.07. The quantitative estimate of drug-likeness (QED) is 0.435. The second-order valence-electron chi connectivity index (χ2n) is 6.07. The van der Waals surface area contributed by atoms with Crippen LogP contribution in [-0.4, -0.2) is 18.5 Å². The highest BCUT2D eigenvalue weighted by molar-refractivity contribution is 5.79. The summed E-state index contributed by atoms with van der Waals surface area (Å²) < 4.78 is 10.5. The van der Waals surface area contributed by atoms with Crippen molar-refractivity contribution in [2.24, 2.45) is 5.92 Å². The van der Waals surface area contributed by atoms with Crippen LogP contribution in [0.3, 0.4) is 0 Å². The molecule has 0 heterocycles. The van der Waals surface area contributed by atoms with E-state index in [1.807, 2.05) is 25.1 Å². The Labute approximate surface area is 145 Å². The molecule has 134 valence electrons. The van der Waals surface area contributed by atoms with Crippen molar-refractivity contribution in [2.45, 2.75) is 65.7 Å². The van der Waals surface area contributed by atoms with Gasteiger partial charge < -0.3 is 9.47 Å². The van der Waals surface area contributed by atoms with E-state index in [9.17, 15) is 9.59 Å². The molecule has 0 aliphatic heterocycles. The van der Waals surface area contributed by atoms with E-state index in [0.717, 1.165) is 37.7 Å². The van der Waals surface area contributed by atoms with Gasteiger partial charge in [-0.3, -0.25) is 9.59 Å². The third-order valence-corrected chi connectivity index (χ3v) is 4.09. The number of benzene rings is 1. The van der Waals surface area contributed by atoms with Gasteiger partial charge in [0.2, 0.25) is 0 Å². The summed E-state index contributed by atoms with van der Waals surface area (Å²) in [6.07, 6.45) is 5.37. The standard InChI is InChI=1S/C20H30O4/c1-4-7-9-17(6-3)15-23-19(21)12-13-20(22)24-18-11-8-10-16(5-2)14-18/h8,10-11,14,17H,4-7,9,12-13,15H2,1-3H3. The van der Waals surface area contributed by atoms with Gasteiger partial charge in [0, 0.05) is 0 Å². The third kappa shape index (κ3) is 8.14. The molecule has 1 atom stereocenters. The van der Waals surface area contributed by atoms with Crippen molar-refractivity contribution in [2.75, 3.05) is 6.61 Å². The summed E-state index contributed by atoms with van der Waals surface area (Å²) in [6.45, 7) is 6.75. The van der Waals surface area contributed by atoms with Crippen LogP contribution in [0.15, 0.2) is 24.3 Å². The fourth-order valence-electron chi connectivity index (χ4n) is 2.40. The van der Waals surface area contributed by atoms with E-state index in [2.05, 4.69) is 13.8 Å². The SMILES string of the molecule is CCCCC(CC)COC(=O)CCC(=O)Oc1cccc(CC)c1. The molecule has 0 aliphatic carbocycles. The maximum absolute atomic E-state index is 11.8. The fourth-order valence-corrected chi connectivity index (χ4v) is 2.40. The smallest absolute Gasteiger partial charge is 0.311 e. The lowest BCUT2D eigenvalue weighted by atomic mass is 10.0. The first-order valence-electron chi connectivity index (χ1n) is 9.04. The van der Waals surface area contributed by atoms with Crippen LogP contribution in [0, 0.1) is 5.92 Å². The van der Waals surface area contributed by atoms with Crippen molar-refractivity contribution >= 4 is 11.9 Å². The molecule has 0 spiro atoms. The van der Waals surface area contributed by atoms with Crippen LogP contribution in [0.5, 0.6) is 5.75 Å². The molecule has 1 unspecified atom stereocenters. The average Bonchev–Trinajstić information content (AvgIpc) is 2.60. The topological polar surface area (TPSA) is 52.6 Å². The lowest BCUT2D eigenvalue weighted by Gasteiger charge is -2.14. The van der Waals surface area contributed by atoms with Gasteiger partial charge in [-0.25, -0.2) is 0 Å². The molecule has 4 heteroatoms. The van der Waals surface area contributed by atoms with Crippen LogP contribution in [0.25, 0.3) is 0 Å². The maximum atomic E-state index is 11.8. The van der Waals surface area contributed by atoms with Crippen LogP contribution in [-0.2, 0) is 20.7 Å². The van der Waals surface area contributed by atoms with Crippen molar-refractivity contribution < 1.29 is 19.1 Å². The van der Waals surface area contributed by atoms with Crippen molar-refractivity contribution in [3.8, 4) is 5.75 Å². The summed E-state index contributed by atoms with van der Waals surface area (Å²) in [5.41, 5.74) is 1.11. The zero-order valence-corrected chi connectivity index (χ0v) is 15.2. The predicted octanol–water partition coefficient (Wildman–Crippen LogP) is 4.69. The van der Waals surface area contributed by atoms with Crippen LogP contribution in [0.2, 0.25) is 0 Å². The van der Waals surface area contributed by atoms with Gasteiger partial charge in [-0.1, -0.05) is 52.2 Å². The van der Waals surface area contributed by atoms with Crippen molar-refractivity contribution in [3.63, 3.8) is 0 Å². The van der Waals surface area contributed by atoms with E-state index in [4.69, 9.17) is 9.47 Å². The van der Waals surface area contributed by atoms with Crippen molar-refractivity contribution in [1.29, 1.82) is 0 Å². The Morgan fingerprint density at radius 1 is 1.08 bits per heavy atom. The Balaban J connectivity index is 2.29. The fraction of sp³-hybridized carbons (Fsp3) is 0.600. The van der Waals surface area contributed by atoms with Crippen molar-refractivity contribution in [1.82, 2.24) is 0 Å². The largest absolute Gasteiger partial charge is 0.465 e. The minimum Gasteiger partial charge on any atom is -0.465 e. The molecule has 0 fully saturated rings. The highest BCUT2D eigenvalue weighted by Crippen LogP contribution is 2.15. The number of hydrogen-bond acceptors (Lipinski definition) is 4. The number of hydrogen-bond donors (Lipinski definition) is 0. The van der Waals surface area contributed by atoms with E-state index in [1.165, 1.54) is 0 Å². The first kappa shape index (κ1) is 20.2.